The van der Waals surface area contributed by atoms with E-state index in [0.717, 1.165) is 18.7 Å². The molecule has 0 aliphatic carbocycles. The van der Waals surface area contributed by atoms with Crippen molar-refractivity contribution >= 4 is 16.6 Å². The number of aromatic nitrogens is 3. The summed E-state index contributed by atoms with van der Waals surface area (Å²) in [5.41, 5.74) is 8.87. The van der Waals surface area contributed by atoms with Crippen molar-refractivity contribution in [3.8, 4) is 5.75 Å². The molecule has 0 amide bonds. The van der Waals surface area contributed by atoms with Gasteiger partial charge in [0.25, 0.3) is 0 Å². The molecule has 2 aromatic heterocycles. The first-order chi connectivity index (χ1) is 9.67. The van der Waals surface area contributed by atoms with Gasteiger partial charge in [-0.05, 0) is 30.2 Å². The molecule has 0 spiro atoms. The van der Waals surface area contributed by atoms with E-state index in [-0.39, 0.29) is 0 Å². The molecule has 2 heterocycles. The van der Waals surface area contributed by atoms with Gasteiger partial charge in [-0.15, -0.1) is 0 Å². The molecule has 3 rings (SSSR count). The van der Waals surface area contributed by atoms with Crippen LogP contribution in [-0.2, 0) is 20.0 Å². The van der Waals surface area contributed by atoms with Crippen LogP contribution in [0.25, 0.3) is 10.9 Å². The highest BCUT2D eigenvalue weighted by atomic mass is 16.5. The Hall–Kier alpha value is -2.43. The third-order valence-electron chi connectivity index (χ3n) is 3.54. The second-order valence-corrected chi connectivity index (χ2v) is 4.94. The molecule has 0 aliphatic heterocycles. The van der Waals surface area contributed by atoms with Gasteiger partial charge in [0, 0.05) is 36.9 Å². The minimum absolute atomic E-state index is 0.699. The fraction of sp³-hybridized carbons (Fsp3) is 0.267. The molecule has 0 fully saturated rings. The normalized spacial score (nSPS) is 11.1. The number of nitrogen functional groups attached to an aromatic ring is 1. The number of nitrogens with zero attached hydrogens (tertiary/aromatic N) is 3. The molecule has 0 atom stereocenters. The van der Waals surface area contributed by atoms with Crippen molar-refractivity contribution < 1.29 is 4.74 Å². The average molecular weight is 270 g/mol. The summed E-state index contributed by atoms with van der Waals surface area (Å²) in [5, 5.41) is 5.44. The Morgan fingerprint density at radius 2 is 2.15 bits per heavy atom. The summed E-state index contributed by atoms with van der Waals surface area (Å²) in [6.07, 6.45) is 6.60. The fourth-order valence-electron chi connectivity index (χ4n) is 2.52. The minimum Gasteiger partial charge on any atom is -0.497 e. The maximum absolute atomic E-state index is 5.68. The number of fused-ring (bicyclic) bond motifs is 1. The van der Waals surface area contributed by atoms with Gasteiger partial charge < -0.3 is 15.0 Å². The lowest BCUT2D eigenvalue weighted by atomic mass is 10.1. The Morgan fingerprint density at radius 3 is 2.85 bits per heavy atom. The molecule has 0 bridgehead atoms. The first kappa shape index (κ1) is 12.6. The zero-order valence-electron chi connectivity index (χ0n) is 11.7. The minimum atomic E-state index is 0.699. The highest BCUT2D eigenvalue weighted by Crippen LogP contribution is 2.26. The van der Waals surface area contributed by atoms with Crippen molar-refractivity contribution in [3.63, 3.8) is 0 Å². The van der Waals surface area contributed by atoms with E-state index in [4.69, 9.17) is 10.5 Å². The number of hydrogen-bond acceptors (Lipinski definition) is 3. The first-order valence-corrected chi connectivity index (χ1v) is 6.57. The van der Waals surface area contributed by atoms with Gasteiger partial charge >= 0.3 is 0 Å². The van der Waals surface area contributed by atoms with E-state index in [0.29, 0.717) is 5.69 Å². The van der Waals surface area contributed by atoms with E-state index in [1.54, 1.807) is 13.3 Å². The van der Waals surface area contributed by atoms with Crippen LogP contribution in [0.2, 0.25) is 0 Å². The van der Waals surface area contributed by atoms with Crippen LogP contribution < -0.4 is 10.5 Å². The molecule has 0 aliphatic rings. The van der Waals surface area contributed by atoms with Crippen molar-refractivity contribution in [2.24, 2.45) is 7.05 Å². The summed E-state index contributed by atoms with van der Waals surface area (Å²) >= 11 is 0. The van der Waals surface area contributed by atoms with Gasteiger partial charge in [-0.2, -0.15) is 5.10 Å². The van der Waals surface area contributed by atoms with Crippen LogP contribution in [0.15, 0.2) is 36.8 Å². The first-order valence-electron chi connectivity index (χ1n) is 6.57. The number of aryl methyl sites for hydroxylation is 3. The number of anilines is 1. The summed E-state index contributed by atoms with van der Waals surface area (Å²) in [6.45, 7) is 0.813. The van der Waals surface area contributed by atoms with Gasteiger partial charge in [-0.1, -0.05) is 0 Å². The zero-order chi connectivity index (χ0) is 14.1. The van der Waals surface area contributed by atoms with Crippen molar-refractivity contribution in [2.45, 2.75) is 13.0 Å². The standard InChI is InChI=1S/C15H18N4O/c1-18-9-11(5-6-19-10-12(16)8-17-19)14-7-13(20-2)3-4-15(14)18/h3-4,7-10H,5-6,16H2,1-2H3. The zero-order valence-corrected chi connectivity index (χ0v) is 11.7. The predicted octanol–water partition coefficient (Wildman–Crippen LogP) is 2.21. The van der Waals surface area contributed by atoms with Crippen molar-refractivity contribution in [2.75, 3.05) is 12.8 Å². The smallest absolute Gasteiger partial charge is 0.119 e. The molecular formula is C15H18N4O. The van der Waals surface area contributed by atoms with E-state index in [9.17, 15) is 0 Å². The molecule has 0 radical (unpaired) electrons. The highest BCUT2D eigenvalue weighted by Gasteiger charge is 2.08. The van der Waals surface area contributed by atoms with E-state index >= 15 is 0 Å². The monoisotopic (exact) mass is 270 g/mol. The van der Waals surface area contributed by atoms with E-state index in [2.05, 4.69) is 35.0 Å². The number of hydrogen-bond donors (Lipinski definition) is 1. The van der Waals surface area contributed by atoms with Crippen molar-refractivity contribution in [1.82, 2.24) is 14.3 Å². The second kappa shape index (κ2) is 4.92. The summed E-state index contributed by atoms with van der Waals surface area (Å²) in [7, 11) is 3.75. The maximum atomic E-state index is 5.68. The number of nitrogens with two attached hydrogens (primary N) is 1. The van der Waals surface area contributed by atoms with E-state index in [1.807, 2.05) is 16.9 Å². The topological polar surface area (TPSA) is 58.0 Å². The fourth-order valence-corrected chi connectivity index (χ4v) is 2.52. The Balaban J connectivity index is 1.90. The van der Waals surface area contributed by atoms with Crippen LogP contribution in [0.5, 0.6) is 5.75 Å². The van der Waals surface area contributed by atoms with Gasteiger partial charge in [0.1, 0.15) is 5.75 Å². The molecule has 1 aromatic carbocycles. The Labute approximate surface area is 117 Å². The van der Waals surface area contributed by atoms with Crippen molar-refractivity contribution in [1.29, 1.82) is 0 Å². The second-order valence-electron chi connectivity index (χ2n) is 4.94. The molecule has 0 unspecified atom stereocenters. The third-order valence-corrected chi connectivity index (χ3v) is 3.54. The van der Waals surface area contributed by atoms with E-state index < -0.39 is 0 Å². The molecule has 104 valence electrons. The van der Waals surface area contributed by atoms with Gasteiger partial charge in [0.05, 0.1) is 19.0 Å². The summed E-state index contributed by atoms with van der Waals surface area (Å²) < 4.78 is 9.32. The maximum Gasteiger partial charge on any atom is 0.119 e. The van der Waals surface area contributed by atoms with Crippen LogP contribution in [0.1, 0.15) is 5.56 Å². The highest BCUT2D eigenvalue weighted by molar-refractivity contribution is 5.85. The van der Waals surface area contributed by atoms with Crippen LogP contribution >= 0.6 is 0 Å². The molecule has 5 nitrogen and oxygen atoms in total. The molecular weight excluding hydrogens is 252 g/mol. The number of rotatable bonds is 4. The van der Waals surface area contributed by atoms with Gasteiger partial charge in [-0.3, -0.25) is 4.68 Å². The summed E-state index contributed by atoms with van der Waals surface area (Å²) in [6, 6.07) is 6.16. The van der Waals surface area contributed by atoms with Crippen LogP contribution in [0, 0.1) is 0 Å². The largest absolute Gasteiger partial charge is 0.497 e. The molecule has 5 heteroatoms. The predicted molar refractivity (Wildman–Crippen MR) is 79.8 cm³/mol. The Morgan fingerprint density at radius 1 is 1.30 bits per heavy atom. The SMILES string of the molecule is COc1ccc2c(c1)c(CCn1cc(N)cn1)cn2C. The molecule has 0 saturated heterocycles. The van der Waals surface area contributed by atoms with Gasteiger partial charge in [0.2, 0.25) is 0 Å². The third kappa shape index (κ3) is 2.22. The summed E-state index contributed by atoms with van der Waals surface area (Å²) in [5.74, 6) is 0.883. The quantitative estimate of drug-likeness (QED) is 0.790. The molecule has 2 N–H and O–H groups in total. The lowest BCUT2D eigenvalue weighted by Gasteiger charge is -2.03. The molecule has 0 saturated carbocycles. The van der Waals surface area contributed by atoms with E-state index in [1.165, 1.54) is 16.5 Å². The average Bonchev–Trinajstić information content (AvgIpc) is 3.00. The summed E-state index contributed by atoms with van der Waals surface area (Å²) in [4.78, 5) is 0. The van der Waals surface area contributed by atoms with Crippen LogP contribution in [-0.4, -0.2) is 21.5 Å². The Kier molecular flexibility index (Phi) is 3.10. The number of methoxy groups -OCH3 is 1. The number of benzene rings is 1. The van der Waals surface area contributed by atoms with Gasteiger partial charge in [0.15, 0.2) is 0 Å². The number of ether oxygens (including phenoxy) is 1. The van der Waals surface area contributed by atoms with Gasteiger partial charge in [-0.25, -0.2) is 0 Å². The lowest BCUT2D eigenvalue weighted by molar-refractivity contribution is 0.415. The Bertz CT molecular complexity index is 741. The van der Waals surface area contributed by atoms with Crippen LogP contribution in [0.3, 0.4) is 0 Å². The van der Waals surface area contributed by atoms with Crippen molar-refractivity contribution in [3.05, 3.63) is 42.4 Å². The lowest BCUT2D eigenvalue weighted by Crippen LogP contribution is -2.01. The molecule has 20 heavy (non-hydrogen) atoms. The van der Waals surface area contributed by atoms with Crippen LogP contribution in [0.4, 0.5) is 5.69 Å². The molecule has 3 aromatic rings.